The van der Waals surface area contributed by atoms with Gasteiger partial charge in [0.1, 0.15) is 0 Å². The van der Waals surface area contributed by atoms with Crippen LogP contribution in [0.2, 0.25) is 0 Å². The normalized spacial score (nSPS) is 11.2. The van der Waals surface area contributed by atoms with Crippen LogP contribution in [0.25, 0.3) is 22.5 Å². The molecule has 0 spiro atoms. The van der Waals surface area contributed by atoms with Crippen LogP contribution in [-0.2, 0) is 0 Å². The van der Waals surface area contributed by atoms with E-state index in [4.69, 9.17) is 4.98 Å². The van der Waals surface area contributed by atoms with Crippen molar-refractivity contribution in [2.75, 3.05) is 0 Å². The fourth-order valence-corrected chi connectivity index (χ4v) is 2.83. The Morgan fingerprint density at radius 3 is 1.25 bits per heavy atom. The second-order valence-corrected chi connectivity index (χ2v) is 6.96. The molecule has 1 aromatic heterocycles. The van der Waals surface area contributed by atoms with Crippen molar-refractivity contribution >= 4 is 0 Å². The average molecular weight is 315 g/mol. The molecule has 1 heterocycles. The number of benzene rings is 2. The van der Waals surface area contributed by atoms with Crippen LogP contribution in [0.1, 0.15) is 50.7 Å². The molecule has 0 aliphatic rings. The van der Waals surface area contributed by atoms with Crippen molar-refractivity contribution in [1.29, 1.82) is 0 Å². The summed E-state index contributed by atoms with van der Waals surface area (Å²) < 4.78 is 0. The first-order chi connectivity index (χ1) is 11.5. The van der Waals surface area contributed by atoms with Gasteiger partial charge in [0.25, 0.3) is 0 Å². The molecule has 0 amide bonds. The van der Waals surface area contributed by atoms with E-state index in [1.807, 2.05) is 0 Å². The van der Waals surface area contributed by atoms with E-state index in [2.05, 4.69) is 94.4 Å². The molecule has 0 atom stereocenters. The fraction of sp³-hybridized carbons (Fsp3) is 0.261. The minimum absolute atomic E-state index is 0.554. The summed E-state index contributed by atoms with van der Waals surface area (Å²) in [5, 5.41) is 0. The molecular weight excluding hydrogens is 290 g/mol. The van der Waals surface area contributed by atoms with Crippen LogP contribution in [0.5, 0.6) is 0 Å². The van der Waals surface area contributed by atoms with E-state index in [9.17, 15) is 0 Å². The molecule has 122 valence electrons. The second kappa shape index (κ2) is 7.00. The Hall–Kier alpha value is -2.41. The SMILES string of the molecule is CC(C)c1ccc(-c2cccc(-c3ccc(C(C)C)cc3)n2)cc1. The van der Waals surface area contributed by atoms with Crippen molar-refractivity contribution < 1.29 is 0 Å². The van der Waals surface area contributed by atoms with Crippen molar-refractivity contribution in [3.63, 3.8) is 0 Å². The van der Waals surface area contributed by atoms with E-state index >= 15 is 0 Å². The van der Waals surface area contributed by atoms with Crippen LogP contribution >= 0.6 is 0 Å². The van der Waals surface area contributed by atoms with Crippen LogP contribution in [-0.4, -0.2) is 4.98 Å². The summed E-state index contributed by atoms with van der Waals surface area (Å²) in [6.45, 7) is 8.87. The van der Waals surface area contributed by atoms with Gasteiger partial charge in [-0.25, -0.2) is 4.98 Å². The van der Waals surface area contributed by atoms with Crippen molar-refractivity contribution in [2.24, 2.45) is 0 Å². The lowest BCUT2D eigenvalue weighted by Crippen LogP contribution is -1.91. The molecule has 3 aromatic rings. The van der Waals surface area contributed by atoms with Gasteiger partial charge in [0.2, 0.25) is 0 Å². The highest BCUT2D eigenvalue weighted by Crippen LogP contribution is 2.25. The summed E-state index contributed by atoms with van der Waals surface area (Å²) in [5.41, 5.74) is 7.10. The second-order valence-electron chi connectivity index (χ2n) is 6.96. The third-order valence-corrected chi connectivity index (χ3v) is 4.50. The molecule has 0 N–H and O–H groups in total. The molecule has 0 aliphatic heterocycles. The monoisotopic (exact) mass is 315 g/mol. The van der Waals surface area contributed by atoms with Gasteiger partial charge in [-0.3, -0.25) is 0 Å². The van der Waals surface area contributed by atoms with E-state index in [1.54, 1.807) is 0 Å². The van der Waals surface area contributed by atoms with E-state index in [1.165, 1.54) is 22.3 Å². The Balaban J connectivity index is 1.91. The summed E-state index contributed by atoms with van der Waals surface area (Å²) in [4.78, 5) is 4.86. The third kappa shape index (κ3) is 3.56. The van der Waals surface area contributed by atoms with Crippen LogP contribution < -0.4 is 0 Å². The van der Waals surface area contributed by atoms with Gasteiger partial charge in [0.05, 0.1) is 11.4 Å². The largest absolute Gasteiger partial charge is 0.248 e. The van der Waals surface area contributed by atoms with Gasteiger partial charge >= 0.3 is 0 Å². The fourth-order valence-electron chi connectivity index (χ4n) is 2.83. The Labute approximate surface area is 145 Å². The zero-order chi connectivity index (χ0) is 17.1. The van der Waals surface area contributed by atoms with Crippen LogP contribution in [0.3, 0.4) is 0 Å². The lowest BCUT2D eigenvalue weighted by Gasteiger charge is -2.09. The van der Waals surface area contributed by atoms with E-state index < -0.39 is 0 Å². The number of aromatic nitrogens is 1. The standard InChI is InChI=1S/C23H25N/c1-16(2)18-8-12-20(13-9-18)22-6-5-7-23(24-22)21-14-10-19(11-15-21)17(3)4/h5-17H,1-4H3. The summed E-state index contributed by atoms with van der Waals surface area (Å²) >= 11 is 0. The Morgan fingerprint density at radius 1 is 0.542 bits per heavy atom. The van der Waals surface area contributed by atoms with E-state index in [0.717, 1.165) is 11.4 Å². The third-order valence-electron chi connectivity index (χ3n) is 4.50. The molecule has 24 heavy (non-hydrogen) atoms. The molecule has 0 radical (unpaired) electrons. The molecule has 0 aliphatic carbocycles. The molecule has 3 rings (SSSR count). The smallest absolute Gasteiger partial charge is 0.0709 e. The zero-order valence-corrected chi connectivity index (χ0v) is 15.0. The van der Waals surface area contributed by atoms with Gasteiger partial charge in [0.15, 0.2) is 0 Å². The van der Waals surface area contributed by atoms with Gasteiger partial charge in [-0.1, -0.05) is 82.3 Å². The lowest BCUT2D eigenvalue weighted by molar-refractivity contribution is 0.867. The highest BCUT2D eigenvalue weighted by atomic mass is 14.7. The lowest BCUT2D eigenvalue weighted by atomic mass is 9.99. The molecule has 0 saturated carbocycles. The number of rotatable bonds is 4. The first kappa shape index (κ1) is 16.4. The number of hydrogen-bond acceptors (Lipinski definition) is 1. The summed E-state index contributed by atoms with van der Waals surface area (Å²) in [7, 11) is 0. The van der Waals surface area contributed by atoms with Crippen molar-refractivity contribution in [3.05, 3.63) is 77.9 Å². The Kier molecular flexibility index (Phi) is 4.80. The summed E-state index contributed by atoms with van der Waals surface area (Å²) in [5.74, 6) is 1.11. The first-order valence-electron chi connectivity index (χ1n) is 8.72. The summed E-state index contributed by atoms with van der Waals surface area (Å²) in [6, 6.07) is 23.7. The van der Waals surface area contributed by atoms with Crippen LogP contribution in [0.15, 0.2) is 66.7 Å². The van der Waals surface area contributed by atoms with Crippen LogP contribution in [0.4, 0.5) is 0 Å². The molecular formula is C23H25N. The number of hydrogen-bond donors (Lipinski definition) is 0. The quantitative estimate of drug-likeness (QED) is 0.524. The van der Waals surface area contributed by atoms with Gasteiger partial charge in [-0.15, -0.1) is 0 Å². The average Bonchev–Trinajstić information content (AvgIpc) is 2.62. The number of pyridine rings is 1. The van der Waals surface area contributed by atoms with Gasteiger partial charge in [-0.05, 0) is 35.1 Å². The van der Waals surface area contributed by atoms with E-state index in [0.29, 0.717) is 11.8 Å². The maximum atomic E-state index is 4.86. The minimum Gasteiger partial charge on any atom is -0.248 e. The van der Waals surface area contributed by atoms with Crippen LogP contribution in [0, 0.1) is 0 Å². The molecule has 1 nitrogen and oxygen atoms in total. The highest BCUT2D eigenvalue weighted by molar-refractivity contribution is 5.66. The molecule has 2 aromatic carbocycles. The predicted octanol–water partition coefficient (Wildman–Crippen LogP) is 6.66. The Morgan fingerprint density at radius 2 is 0.917 bits per heavy atom. The number of nitrogens with zero attached hydrogens (tertiary/aromatic N) is 1. The van der Waals surface area contributed by atoms with Crippen molar-refractivity contribution in [3.8, 4) is 22.5 Å². The zero-order valence-electron chi connectivity index (χ0n) is 15.0. The van der Waals surface area contributed by atoms with Crippen molar-refractivity contribution in [1.82, 2.24) is 4.98 Å². The van der Waals surface area contributed by atoms with Gasteiger partial charge in [-0.2, -0.15) is 0 Å². The molecule has 0 saturated heterocycles. The summed E-state index contributed by atoms with van der Waals surface area (Å²) in [6.07, 6.45) is 0. The maximum Gasteiger partial charge on any atom is 0.0709 e. The van der Waals surface area contributed by atoms with Crippen molar-refractivity contribution in [2.45, 2.75) is 39.5 Å². The molecule has 0 unspecified atom stereocenters. The predicted molar refractivity (Wildman–Crippen MR) is 103 cm³/mol. The Bertz CT molecular complexity index is 729. The first-order valence-corrected chi connectivity index (χ1v) is 8.72. The topological polar surface area (TPSA) is 12.9 Å². The minimum atomic E-state index is 0.554. The van der Waals surface area contributed by atoms with E-state index in [-0.39, 0.29) is 0 Å². The molecule has 0 fully saturated rings. The maximum absolute atomic E-state index is 4.86. The van der Waals surface area contributed by atoms with Gasteiger partial charge < -0.3 is 0 Å². The van der Waals surface area contributed by atoms with Gasteiger partial charge in [0, 0.05) is 11.1 Å². The molecule has 1 heteroatoms. The highest BCUT2D eigenvalue weighted by Gasteiger charge is 2.06. The molecule has 0 bridgehead atoms.